The van der Waals surface area contributed by atoms with Crippen molar-refractivity contribution in [1.82, 2.24) is 10.6 Å². The molecule has 0 aliphatic carbocycles. The van der Waals surface area contributed by atoms with Crippen LogP contribution in [0.1, 0.15) is 34.1 Å². The zero-order valence-corrected chi connectivity index (χ0v) is 10.9. The van der Waals surface area contributed by atoms with E-state index in [0.29, 0.717) is 0 Å². The lowest BCUT2D eigenvalue weighted by Crippen LogP contribution is -2.51. The van der Waals surface area contributed by atoms with Gasteiger partial charge in [0.1, 0.15) is 6.04 Å². The van der Waals surface area contributed by atoms with E-state index < -0.39 is 17.4 Å². The van der Waals surface area contributed by atoms with Gasteiger partial charge < -0.3 is 15.7 Å². The number of aliphatic carboxylic acids is 1. The number of hydrogen-bond acceptors (Lipinski definition) is 3. The highest BCUT2D eigenvalue weighted by atomic mass is 16.4. The van der Waals surface area contributed by atoms with Crippen molar-refractivity contribution >= 4 is 11.9 Å². The number of hydrogen-bond donors (Lipinski definition) is 3. The molecule has 0 aromatic rings. The molecule has 1 aliphatic heterocycles. The zero-order chi connectivity index (χ0) is 13.2. The van der Waals surface area contributed by atoms with Crippen molar-refractivity contribution in [2.24, 2.45) is 11.3 Å². The fraction of sp³-hybridized carbons (Fsp3) is 0.833. The van der Waals surface area contributed by atoms with Gasteiger partial charge in [-0.2, -0.15) is 0 Å². The third-order valence-electron chi connectivity index (χ3n) is 3.26. The monoisotopic (exact) mass is 242 g/mol. The molecule has 5 heteroatoms. The highest BCUT2D eigenvalue weighted by Gasteiger charge is 2.36. The van der Waals surface area contributed by atoms with Crippen LogP contribution in [0.25, 0.3) is 0 Å². The van der Waals surface area contributed by atoms with Crippen LogP contribution >= 0.6 is 0 Å². The number of carboxylic acids is 1. The van der Waals surface area contributed by atoms with Gasteiger partial charge in [0.2, 0.25) is 5.91 Å². The lowest BCUT2D eigenvalue weighted by molar-refractivity contribution is -0.145. The Morgan fingerprint density at radius 3 is 2.35 bits per heavy atom. The van der Waals surface area contributed by atoms with E-state index >= 15 is 0 Å². The molecule has 98 valence electrons. The molecule has 5 nitrogen and oxygen atoms in total. The topological polar surface area (TPSA) is 78.4 Å². The Balaban J connectivity index is 2.68. The number of carbonyl (C=O) groups excluding carboxylic acids is 1. The maximum atomic E-state index is 12.0. The fourth-order valence-electron chi connectivity index (χ4n) is 2.11. The third-order valence-corrected chi connectivity index (χ3v) is 3.26. The van der Waals surface area contributed by atoms with Gasteiger partial charge in [-0.25, -0.2) is 4.79 Å². The summed E-state index contributed by atoms with van der Waals surface area (Å²) in [6, 6.07) is -0.729. The summed E-state index contributed by atoms with van der Waals surface area (Å²) in [5, 5.41) is 15.0. The maximum Gasteiger partial charge on any atom is 0.326 e. The second-order valence-corrected chi connectivity index (χ2v) is 5.78. The summed E-state index contributed by atoms with van der Waals surface area (Å²) >= 11 is 0. The first-order chi connectivity index (χ1) is 7.73. The second kappa shape index (κ2) is 5.04. The first kappa shape index (κ1) is 14.0. The standard InChI is InChI=1S/C12H22N2O3/c1-7-8(5-6-13-7)10(15)14-9(11(16)17)12(2,3)4/h7-9,13H,5-6H2,1-4H3,(H,14,15)(H,16,17)/t7?,8?,9-/m0/s1. The van der Waals surface area contributed by atoms with Gasteiger partial charge in [0.15, 0.2) is 0 Å². The van der Waals surface area contributed by atoms with Crippen LogP contribution in [0.3, 0.4) is 0 Å². The minimum atomic E-state index is -0.982. The predicted octanol–water partition coefficient (Wildman–Crippen LogP) is 0.600. The van der Waals surface area contributed by atoms with Crippen LogP contribution in [0.5, 0.6) is 0 Å². The van der Waals surface area contributed by atoms with Gasteiger partial charge in [-0.3, -0.25) is 4.79 Å². The molecule has 1 amide bonds. The number of carboxylic acid groups (broad SMARTS) is 1. The first-order valence-electron chi connectivity index (χ1n) is 6.00. The van der Waals surface area contributed by atoms with E-state index in [2.05, 4.69) is 10.6 Å². The molecule has 1 saturated heterocycles. The van der Waals surface area contributed by atoms with E-state index in [9.17, 15) is 9.59 Å². The molecule has 0 saturated carbocycles. The van der Waals surface area contributed by atoms with E-state index in [1.807, 2.05) is 27.7 Å². The van der Waals surface area contributed by atoms with Crippen LogP contribution in [0, 0.1) is 11.3 Å². The average Bonchev–Trinajstić information content (AvgIpc) is 2.58. The summed E-state index contributed by atoms with van der Waals surface area (Å²) in [4.78, 5) is 23.2. The van der Waals surface area contributed by atoms with Crippen molar-refractivity contribution < 1.29 is 14.7 Å². The summed E-state index contributed by atoms with van der Waals surface area (Å²) < 4.78 is 0. The van der Waals surface area contributed by atoms with Crippen LogP contribution < -0.4 is 10.6 Å². The van der Waals surface area contributed by atoms with Crippen LogP contribution in [0.15, 0.2) is 0 Å². The minimum Gasteiger partial charge on any atom is -0.480 e. The van der Waals surface area contributed by atoms with Crippen molar-refractivity contribution in [1.29, 1.82) is 0 Å². The number of rotatable bonds is 3. The highest BCUT2D eigenvalue weighted by molar-refractivity contribution is 5.86. The smallest absolute Gasteiger partial charge is 0.326 e. The molecule has 1 aliphatic rings. The van der Waals surface area contributed by atoms with Crippen molar-refractivity contribution in [2.75, 3.05) is 6.54 Å². The van der Waals surface area contributed by atoms with Crippen molar-refractivity contribution in [3.05, 3.63) is 0 Å². The molecule has 0 spiro atoms. The Morgan fingerprint density at radius 2 is 2.00 bits per heavy atom. The van der Waals surface area contributed by atoms with E-state index in [4.69, 9.17) is 5.11 Å². The minimum absolute atomic E-state index is 0.115. The Hall–Kier alpha value is -1.10. The summed E-state index contributed by atoms with van der Waals surface area (Å²) in [7, 11) is 0. The second-order valence-electron chi connectivity index (χ2n) is 5.78. The third kappa shape index (κ3) is 3.43. The molecule has 1 fully saturated rings. The van der Waals surface area contributed by atoms with Crippen molar-refractivity contribution in [2.45, 2.75) is 46.2 Å². The van der Waals surface area contributed by atoms with Gasteiger partial charge in [0.25, 0.3) is 0 Å². The van der Waals surface area contributed by atoms with Crippen molar-refractivity contribution in [3.8, 4) is 0 Å². The van der Waals surface area contributed by atoms with Crippen LogP contribution in [0.4, 0.5) is 0 Å². The van der Waals surface area contributed by atoms with E-state index in [0.717, 1.165) is 13.0 Å². The summed E-state index contributed by atoms with van der Waals surface area (Å²) in [5.41, 5.74) is -0.489. The van der Waals surface area contributed by atoms with Crippen LogP contribution in [-0.4, -0.2) is 35.6 Å². The molecule has 0 radical (unpaired) electrons. The quantitative estimate of drug-likeness (QED) is 0.677. The summed E-state index contributed by atoms with van der Waals surface area (Å²) in [6.45, 7) is 8.18. The SMILES string of the molecule is CC1NCCC1C(=O)N[C@@H](C(=O)O)C(C)(C)C. The van der Waals surface area contributed by atoms with Gasteiger partial charge in [-0.1, -0.05) is 20.8 Å². The van der Waals surface area contributed by atoms with E-state index in [1.54, 1.807) is 0 Å². The molecule has 0 aromatic heterocycles. The molecular weight excluding hydrogens is 220 g/mol. The van der Waals surface area contributed by atoms with Crippen molar-refractivity contribution in [3.63, 3.8) is 0 Å². The molecule has 0 bridgehead atoms. The largest absolute Gasteiger partial charge is 0.480 e. The fourth-order valence-corrected chi connectivity index (χ4v) is 2.11. The van der Waals surface area contributed by atoms with Gasteiger partial charge in [0.05, 0.1) is 5.92 Å². The zero-order valence-electron chi connectivity index (χ0n) is 10.9. The van der Waals surface area contributed by atoms with Gasteiger partial charge >= 0.3 is 5.97 Å². The Kier molecular flexibility index (Phi) is 4.14. The predicted molar refractivity (Wildman–Crippen MR) is 64.6 cm³/mol. The van der Waals surface area contributed by atoms with Gasteiger partial charge in [-0.15, -0.1) is 0 Å². The molecule has 0 aromatic carbocycles. The van der Waals surface area contributed by atoms with E-state index in [1.165, 1.54) is 0 Å². The maximum absolute atomic E-state index is 12.0. The molecule has 17 heavy (non-hydrogen) atoms. The first-order valence-corrected chi connectivity index (χ1v) is 6.00. The molecule has 1 heterocycles. The van der Waals surface area contributed by atoms with Crippen LogP contribution in [-0.2, 0) is 9.59 Å². The molecule has 3 N–H and O–H groups in total. The van der Waals surface area contributed by atoms with E-state index in [-0.39, 0.29) is 17.9 Å². The molecule has 3 atom stereocenters. The van der Waals surface area contributed by atoms with Crippen LogP contribution in [0.2, 0.25) is 0 Å². The Labute approximate surface area is 102 Å². The Morgan fingerprint density at radius 1 is 1.41 bits per heavy atom. The van der Waals surface area contributed by atoms with Gasteiger partial charge in [0, 0.05) is 6.04 Å². The lowest BCUT2D eigenvalue weighted by Gasteiger charge is -2.29. The summed E-state index contributed by atoms with van der Waals surface area (Å²) in [5.74, 6) is -1.27. The number of carbonyl (C=O) groups is 2. The molecular formula is C12H22N2O3. The average molecular weight is 242 g/mol. The molecule has 2 unspecified atom stereocenters. The van der Waals surface area contributed by atoms with Gasteiger partial charge in [-0.05, 0) is 25.3 Å². The normalized spacial score (nSPS) is 26.6. The lowest BCUT2D eigenvalue weighted by atomic mass is 9.86. The summed E-state index contributed by atoms with van der Waals surface area (Å²) in [6.07, 6.45) is 0.767. The Bertz CT molecular complexity index is 309. The number of nitrogens with one attached hydrogen (secondary N) is 2. The number of amides is 1. The highest BCUT2D eigenvalue weighted by Crippen LogP contribution is 2.21. The molecule has 1 rings (SSSR count).